The largest absolute Gasteiger partial charge is 0.455 e. The van der Waals surface area contributed by atoms with Gasteiger partial charge in [-0.1, -0.05) is 36.3 Å². The average molecular weight is 396 g/mol. The van der Waals surface area contributed by atoms with Gasteiger partial charge in [0.25, 0.3) is 5.91 Å². The number of carbonyl (C=O) groups excluding carboxylic acids is 2. The van der Waals surface area contributed by atoms with Gasteiger partial charge < -0.3 is 14.2 Å². The fourth-order valence-corrected chi connectivity index (χ4v) is 4.33. The third kappa shape index (κ3) is 3.89. The Morgan fingerprint density at radius 1 is 1.21 bits per heavy atom. The second-order valence-corrected chi connectivity index (χ2v) is 8.17. The summed E-state index contributed by atoms with van der Waals surface area (Å²) in [6.07, 6.45) is 0.845. The highest BCUT2D eigenvalue weighted by molar-refractivity contribution is 8.00. The Balaban J connectivity index is 1.41. The minimum absolute atomic E-state index is 0.0340. The first kappa shape index (κ1) is 18.6. The van der Waals surface area contributed by atoms with Crippen molar-refractivity contribution in [3.8, 4) is 0 Å². The Hall–Kier alpha value is -2.80. The molecule has 0 saturated carbocycles. The van der Waals surface area contributed by atoms with Gasteiger partial charge in [-0.2, -0.15) is 0 Å². The molecule has 1 aliphatic heterocycles. The lowest BCUT2D eigenvalue weighted by Crippen LogP contribution is -2.36. The van der Waals surface area contributed by atoms with Crippen LogP contribution in [0, 0.1) is 0 Å². The van der Waals surface area contributed by atoms with E-state index in [-0.39, 0.29) is 18.9 Å². The van der Waals surface area contributed by atoms with Crippen LogP contribution in [0.3, 0.4) is 0 Å². The van der Waals surface area contributed by atoms with E-state index in [9.17, 15) is 9.59 Å². The number of aromatic nitrogens is 1. The molecule has 0 unspecified atom stereocenters. The summed E-state index contributed by atoms with van der Waals surface area (Å²) in [5, 5.41) is 5.12. The quantitative estimate of drug-likeness (QED) is 0.624. The van der Waals surface area contributed by atoms with Gasteiger partial charge >= 0.3 is 5.97 Å². The first-order chi connectivity index (χ1) is 13.6. The number of esters is 1. The Bertz CT molecular complexity index is 1020. The van der Waals surface area contributed by atoms with Crippen LogP contribution >= 0.6 is 11.8 Å². The molecule has 1 atom stereocenters. The van der Waals surface area contributed by atoms with Crippen LogP contribution in [0.15, 0.2) is 57.9 Å². The van der Waals surface area contributed by atoms with E-state index < -0.39 is 5.97 Å². The highest BCUT2D eigenvalue weighted by Crippen LogP contribution is 2.37. The molecular weight excluding hydrogens is 376 g/mol. The molecule has 0 saturated heterocycles. The summed E-state index contributed by atoms with van der Waals surface area (Å²) in [7, 11) is 0. The summed E-state index contributed by atoms with van der Waals surface area (Å²) in [6.45, 7) is 2.47. The zero-order valence-electron chi connectivity index (χ0n) is 15.5. The van der Waals surface area contributed by atoms with Gasteiger partial charge in [-0.05, 0) is 30.7 Å². The van der Waals surface area contributed by atoms with Gasteiger partial charge in [0.2, 0.25) is 0 Å². The fraction of sp³-hybridized carbons (Fsp3) is 0.286. The Morgan fingerprint density at radius 2 is 2.00 bits per heavy atom. The number of fused-ring (bicyclic) bond motifs is 2. The summed E-state index contributed by atoms with van der Waals surface area (Å²) >= 11 is 1.76. The van der Waals surface area contributed by atoms with Gasteiger partial charge in [0, 0.05) is 22.1 Å². The van der Waals surface area contributed by atoms with Crippen LogP contribution in [-0.4, -0.2) is 35.4 Å². The average Bonchev–Trinajstić information content (AvgIpc) is 3.01. The smallest absolute Gasteiger partial charge is 0.312 e. The monoisotopic (exact) mass is 396 g/mol. The van der Waals surface area contributed by atoms with Crippen molar-refractivity contribution >= 4 is 40.3 Å². The van der Waals surface area contributed by atoms with Gasteiger partial charge in [-0.15, -0.1) is 11.8 Å². The number of rotatable bonds is 4. The molecule has 4 rings (SSSR count). The standard InChI is InChI=1S/C21H20N2O4S/c1-14-10-11-23(17-7-3-5-9-19(17)28-14)20(24)13-26-21(25)12-16-15-6-2-4-8-18(15)27-22-16/h2-9,14H,10-13H2,1H3/t14-/m1/s1. The lowest BCUT2D eigenvalue weighted by atomic mass is 10.2. The maximum atomic E-state index is 12.7. The number of anilines is 1. The van der Waals surface area contributed by atoms with Crippen molar-refractivity contribution in [2.24, 2.45) is 0 Å². The van der Waals surface area contributed by atoms with Crippen LogP contribution in [0.5, 0.6) is 0 Å². The molecule has 0 aliphatic carbocycles. The molecule has 7 heteroatoms. The molecule has 144 valence electrons. The molecule has 0 fully saturated rings. The molecule has 28 heavy (non-hydrogen) atoms. The molecule has 0 bridgehead atoms. The topological polar surface area (TPSA) is 72.6 Å². The van der Waals surface area contributed by atoms with Gasteiger partial charge in [0.1, 0.15) is 5.69 Å². The predicted octanol–water partition coefficient (Wildman–Crippen LogP) is 3.83. The van der Waals surface area contributed by atoms with E-state index in [1.54, 1.807) is 22.7 Å². The minimum atomic E-state index is -0.502. The van der Waals surface area contributed by atoms with E-state index in [1.165, 1.54) is 0 Å². The normalized spacial score (nSPS) is 16.5. The van der Waals surface area contributed by atoms with Crippen LogP contribution in [0.4, 0.5) is 5.69 Å². The van der Waals surface area contributed by atoms with Crippen LogP contribution in [0.25, 0.3) is 11.0 Å². The predicted molar refractivity (Wildman–Crippen MR) is 107 cm³/mol. The van der Waals surface area contributed by atoms with Crippen LogP contribution in [0.1, 0.15) is 19.0 Å². The van der Waals surface area contributed by atoms with E-state index in [0.717, 1.165) is 22.4 Å². The van der Waals surface area contributed by atoms with Crippen LogP contribution in [0.2, 0.25) is 0 Å². The zero-order chi connectivity index (χ0) is 19.5. The third-order valence-electron chi connectivity index (χ3n) is 4.67. The summed E-state index contributed by atoms with van der Waals surface area (Å²) in [5.74, 6) is -0.723. The Kier molecular flexibility index (Phi) is 5.34. The maximum Gasteiger partial charge on any atom is 0.312 e. The van der Waals surface area contributed by atoms with Crippen molar-refractivity contribution in [2.45, 2.75) is 29.9 Å². The highest BCUT2D eigenvalue weighted by atomic mass is 32.2. The molecule has 3 aromatic rings. The van der Waals surface area contributed by atoms with Crippen molar-refractivity contribution in [3.63, 3.8) is 0 Å². The van der Waals surface area contributed by atoms with Crippen LogP contribution < -0.4 is 4.90 Å². The summed E-state index contributed by atoms with van der Waals surface area (Å²) in [5.41, 5.74) is 2.01. The van der Waals surface area contributed by atoms with Crippen molar-refractivity contribution in [3.05, 3.63) is 54.2 Å². The molecule has 0 radical (unpaired) electrons. The van der Waals surface area contributed by atoms with E-state index in [0.29, 0.717) is 23.1 Å². The molecule has 0 N–H and O–H groups in total. The number of benzene rings is 2. The maximum absolute atomic E-state index is 12.7. The number of carbonyl (C=O) groups is 2. The van der Waals surface area contributed by atoms with E-state index in [2.05, 4.69) is 12.1 Å². The SMILES string of the molecule is C[C@@H]1CCN(C(=O)COC(=O)Cc2noc3ccccc23)c2ccccc2S1. The van der Waals surface area contributed by atoms with Crippen LogP contribution in [-0.2, 0) is 20.7 Å². The van der Waals surface area contributed by atoms with Gasteiger partial charge in [0.15, 0.2) is 12.2 Å². The molecule has 1 aromatic heterocycles. The number of para-hydroxylation sites is 2. The Morgan fingerprint density at radius 3 is 2.89 bits per heavy atom. The summed E-state index contributed by atoms with van der Waals surface area (Å²) in [6, 6.07) is 15.2. The summed E-state index contributed by atoms with van der Waals surface area (Å²) < 4.78 is 10.4. The minimum Gasteiger partial charge on any atom is -0.455 e. The number of thioether (sulfide) groups is 1. The van der Waals surface area contributed by atoms with Crippen molar-refractivity contribution < 1.29 is 18.8 Å². The Labute approximate surface area is 166 Å². The summed E-state index contributed by atoms with van der Waals surface area (Å²) in [4.78, 5) is 27.8. The lowest BCUT2D eigenvalue weighted by Gasteiger charge is -2.22. The second-order valence-electron chi connectivity index (χ2n) is 6.69. The van der Waals surface area contributed by atoms with E-state index in [1.807, 2.05) is 42.5 Å². The van der Waals surface area contributed by atoms with E-state index >= 15 is 0 Å². The number of ether oxygens (including phenoxy) is 1. The fourth-order valence-electron chi connectivity index (χ4n) is 3.22. The third-order valence-corrected chi connectivity index (χ3v) is 5.90. The first-order valence-corrected chi connectivity index (χ1v) is 10.0. The molecule has 2 aromatic carbocycles. The van der Waals surface area contributed by atoms with Crippen molar-refractivity contribution in [1.82, 2.24) is 5.16 Å². The van der Waals surface area contributed by atoms with E-state index in [4.69, 9.17) is 9.26 Å². The molecule has 6 nitrogen and oxygen atoms in total. The first-order valence-electron chi connectivity index (χ1n) is 9.17. The molecule has 0 spiro atoms. The van der Waals surface area contributed by atoms with Crippen molar-refractivity contribution in [2.75, 3.05) is 18.1 Å². The van der Waals surface area contributed by atoms with Gasteiger partial charge in [-0.25, -0.2) is 0 Å². The lowest BCUT2D eigenvalue weighted by molar-refractivity contribution is -0.147. The highest BCUT2D eigenvalue weighted by Gasteiger charge is 2.25. The molecule has 1 amide bonds. The van der Waals surface area contributed by atoms with Gasteiger partial charge in [-0.3, -0.25) is 9.59 Å². The zero-order valence-corrected chi connectivity index (χ0v) is 16.3. The molecular formula is C21H20N2O4S. The molecule has 1 aliphatic rings. The number of hydrogen-bond acceptors (Lipinski definition) is 6. The number of amides is 1. The number of hydrogen-bond donors (Lipinski definition) is 0. The number of nitrogens with zero attached hydrogens (tertiary/aromatic N) is 2. The molecule has 2 heterocycles. The van der Waals surface area contributed by atoms with Crippen molar-refractivity contribution in [1.29, 1.82) is 0 Å². The van der Waals surface area contributed by atoms with Gasteiger partial charge in [0.05, 0.1) is 12.1 Å². The second kappa shape index (κ2) is 8.06.